The van der Waals surface area contributed by atoms with Gasteiger partial charge in [-0.3, -0.25) is 0 Å². The van der Waals surface area contributed by atoms with Crippen molar-refractivity contribution in [3.8, 4) is 45.6 Å². The van der Waals surface area contributed by atoms with Gasteiger partial charge in [-0.15, -0.1) is 11.3 Å². The zero-order valence-electron chi connectivity index (χ0n) is 29.0. The van der Waals surface area contributed by atoms with Crippen molar-refractivity contribution in [1.82, 2.24) is 19.9 Å². The highest BCUT2D eigenvalue weighted by atomic mass is 32.1. The Labute approximate surface area is 317 Å². The smallest absolute Gasteiger partial charge is 0.227 e. The standard InChI is InChI=1S/C48H26N4O2S/c1-2-9-29(10-3-1)45-50-46(52-47(51-45)32-18-20-35-34-12-6-7-13-37(34)53-39(35)26-32)31-16-15-28-19-22-40-42(36(28)25-31)43-41(55-40)23-21-38-44(43)49-48(54-38)33-17-14-27-8-4-5-11-30(27)24-33/h1-26H. The van der Waals surface area contributed by atoms with E-state index >= 15 is 0 Å². The summed E-state index contributed by atoms with van der Waals surface area (Å²) in [7, 11) is 0. The van der Waals surface area contributed by atoms with E-state index < -0.39 is 0 Å². The summed E-state index contributed by atoms with van der Waals surface area (Å²) in [5.74, 6) is 2.39. The molecule has 0 aliphatic carbocycles. The zero-order chi connectivity index (χ0) is 36.0. The first-order valence-electron chi connectivity index (χ1n) is 18.1. The van der Waals surface area contributed by atoms with E-state index in [2.05, 4.69) is 97.1 Å². The number of nitrogens with zero attached hydrogens (tertiary/aromatic N) is 4. The molecule has 0 radical (unpaired) electrons. The molecule has 4 heterocycles. The summed E-state index contributed by atoms with van der Waals surface area (Å²) in [6.07, 6.45) is 0. The molecule has 0 N–H and O–H groups in total. The van der Waals surface area contributed by atoms with Gasteiger partial charge < -0.3 is 8.83 Å². The van der Waals surface area contributed by atoms with Crippen LogP contribution in [0.25, 0.3) is 120 Å². The first-order chi connectivity index (χ1) is 27.2. The summed E-state index contributed by atoms with van der Waals surface area (Å²) in [4.78, 5) is 20.3. The molecule has 0 fully saturated rings. The number of aromatic nitrogens is 4. The maximum Gasteiger partial charge on any atom is 0.227 e. The molecule has 6 nitrogen and oxygen atoms in total. The molecule has 0 saturated carbocycles. The predicted molar refractivity (Wildman–Crippen MR) is 224 cm³/mol. The fourth-order valence-corrected chi connectivity index (χ4v) is 8.99. The van der Waals surface area contributed by atoms with Crippen LogP contribution < -0.4 is 0 Å². The third-order valence-corrected chi connectivity index (χ3v) is 11.7. The molecule has 0 amide bonds. The third-order valence-electron chi connectivity index (χ3n) is 10.5. The van der Waals surface area contributed by atoms with Crippen LogP contribution in [-0.4, -0.2) is 19.9 Å². The van der Waals surface area contributed by atoms with E-state index in [0.717, 1.165) is 86.9 Å². The lowest BCUT2D eigenvalue weighted by Crippen LogP contribution is -2.00. The average molecular weight is 723 g/mol. The largest absolute Gasteiger partial charge is 0.456 e. The van der Waals surface area contributed by atoms with Crippen molar-refractivity contribution in [2.24, 2.45) is 0 Å². The van der Waals surface area contributed by atoms with E-state index in [1.54, 1.807) is 11.3 Å². The highest BCUT2D eigenvalue weighted by Crippen LogP contribution is 2.43. The molecule has 0 atom stereocenters. The Bertz CT molecular complexity index is 3510. The van der Waals surface area contributed by atoms with Crippen molar-refractivity contribution in [1.29, 1.82) is 0 Å². The molecule has 0 unspecified atom stereocenters. The second kappa shape index (κ2) is 11.6. The minimum absolute atomic E-state index is 0.580. The van der Waals surface area contributed by atoms with Gasteiger partial charge in [-0.1, -0.05) is 103 Å². The minimum Gasteiger partial charge on any atom is -0.456 e. The monoisotopic (exact) mass is 722 g/mol. The summed E-state index contributed by atoms with van der Waals surface area (Å²) < 4.78 is 15.0. The molecule has 0 aliphatic heterocycles. The lowest BCUT2D eigenvalue weighted by atomic mass is 10.0. The highest BCUT2D eigenvalue weighted by Gasteiger charge is 2.19. The number of furan rings is 1. The van der Waals surface area contributed by atoms with Gasteiger partial charge in [-0.05, 0) is 76.1 Å². The van der Waals surface area contributed by atoms with Crippen molar-refractivity contribution in [2.45, 2.75) is 0 Å². The van der Waals surface area contributed by atoms with E-state index in [1.807, 2.05) is 60.7 Å². The summed E-state index contributed by atoms with van der Waals surface area (Å²) in [5, 5.41) is 8.96. The van der Waals surface area contributed by atoms with Crippen LogP contribution in [0.5, 0.6) is 0 Å². The minimum atomic E-state index is 0.580. The van der Waals surface area contributed by atoms with Gasteiger partial charge in [0.05, 0.1) is 0 Å². The molecule has 4 aromatic heterocycles. The molecular formula is C48H26N4O2S. The van der Waals surface area contributed by atoms with Gasteiger partial charge in [0.1, 0.15) is 16.7 Å². The van der Waals surface area contributed by atoms with E-state index in [4.69, 9.17) is 28.8 Å². The fraction of sp³-hybridized carbons (Fsp3) is 0. The SMILES string of the molecule is c1ccc(-c2nc(-c3ccc4c(c3)oc3ccccc34)nc(-c3ccc4ccc5sc6ccc7oc(-c8ccc9ccccc9c8)nc7c6c5c4c3)n2)cc1. The van der Waals surface area contributed by atoms with E-state index in [-0.39, 0.29) is 0 Å². The highest BCUT2D eigenvalue weighted by molar-refractivity contribution is 7.26. The van der Waals surface area contributed by atoms with Crippen LogP contribution in [0.15, 0.2) is 167 Å². The van der Waals surface area contributed by atoms with E-state index in [9.17, 15) is 0 Å². The number of benzene rings is 8. The third kappa shape index (κ3) is 4.80. The predicted octanol–water partition coefficient (Wildman–Crippen LogP) is 13.3. The quantitative estimate of drug-likeness (QED) is 0.180. The Morgan fingerprint density at radius 2 is 1.02 bits per heavy atom. The molecule has 55 heavy (non-hydrogen) atoms. The number of rotatable bonds is 4. The first-order valence-corrected chi connectivity index (χ1v) is 18.9. The maximum atomic E-state index is 6.45. The molecule has 0 aliphatic rings. The summed E-state index contributed by atoms with van der Waals surface area (Å²) in [5.41, 5.74) is 6.90. The molecule has 8 aromatic carbocycles. The molecule has 256 valence electrons. The van der Waals surface area contributed by atoms with Gasteiger partial charge in [-0.2, -0.15) is 0 Å². The van der Waals surface area contributed by atoms with Gasteiger partial charge in [0.25, 0.3) is 0 Å². The van der Waals surface area contributed by atoms with Crippen LogP contribution >= 0.6 is 11.3 Å². The van der Waals surface area contributed by atoms with Crippen molar-refractivity contribution in [2.75, 3.05) is 0 Å². The van der Waals surface area contributed by atoms with Crippen LogP contribution in [0.3, 0.4) is 0 Å². The Kier molecular flexibility index (Phi) is 6.40. The average Bonchev–Trinajstić information content (AvgIpc) is 3.96. The number of fused-ring (bicyclic) bond motifs is 11. The Morgan fingerprint density at radius 3 is 1.91 bits per heavy atom. The lowest BCUT2D eigenvalue weighted by Gasteiger charge is -2.10. The Balaban J connectivity index is 1.05. The van der Waals surface area contributed by atoms with E-state index in [0.29, 0.717) is 23.4 Å². The van der Waals surface area contributed by atoms with Gasteiger partial charge in [0, 0.05) is 53.2 Å². The van der Waals surface area contributed by atoms with Crippen LogP contribution in [0.1, 0.15) is 0 Å². The maximum absolute atomic E-state index is 6.45. The van der Waals surface area contributed by atoms with E-state index in [1.165, 1.54) is 10.1 Å². The second-order valence-electron chi connectivity index (χ2n) is 13.8. The van der Waals surface area contributed by atoms with Crippen LogP contribution in [0.2, 0.25) is 0 Å². The van der Waals surface area contributed by atoms with Crippen molar-refractivity contribution in [3.63, 3.8) is 0 Å². The molecular weight excluding hydrogens is 697 g/mol. The van der Waals surface area contributed by atoms with Gasteiger partial charge in [0.2, 0.25) is 5.89 Å². The van der Waals surface area contributed by atoms with Crippen LogP contribution in [-0.2, 0) is 0 Å². The van der Waals surface area contributed by atoms with Gasteiger partial charge >= 0.3 is 0 Å². The molecule has 0 bridgehead atoms. The zero-order valence-corrected chi connectivity index (χ0v) is 29.8. The second-order valence-corrected chi connectivity index (χ2v) is 14.9. The number of thiophene rings is 1. The summed E-state index contributed by atoms with van der Waals surface area (Å²) >= 11 is 1.77. The molecule has 0 spiro atoms. The normalized spacial score (nSPS) is 12.0. The topological polar surface area (TPSA) is 77.8 Å². The first kappa shape index (κ1) is 30.3. The van der Waals surface area contributed by atoms with Crippen LogP contribution in [0.4, 0.5) is 0 Å². The molecule has 12 aromatic rings. The molecule has 0 saturated heterocycles. The summed E-state index contributed by atoms with van der Waals surface area (Å²) in [6, 6.07) is 54.1. The Hall–Kier alpha value is -7.22. The number of hydrogen-bond donors (Lipinski definition) is 0. The number of hydrogen-bond acceptors (Lipinski definition) is 7. The van der Waals surface area contributed by atoms with Gasteiger partial charge in [0.15, 0.2) is 23.1 Å². The van der Waals surface area contributed by atoms with Crippen molar-refractivity contribution in [3.05, 3.63) is 158 Å². The van der Waals surface area contributed by atoms with Crippen LogP contribution in [0, 0.1) is 0 Å². The molecule has 7 heteroatoms. The number of para-hydroxylation sites is 1. The number of oxazole rings is 1. The summed E-state index contributed by atoms with van der Waals surface area (Å²) in [6.45, 7) is 0. The van der Waals surface area contributed by atoms with Gasteiger partial charge in [-0.25, -0.2) is 19.9 Å². The fourth-order valence-electron chi connectivity index (χ4n) is 7.86. The Morgan fingerprint density at radius 1 is 0.364 bits per heavy atom. The molecule has 12 rings (SSSR count). The lowest BCUT2D eigenvalue weighted by molar-refractivity contribution is 0.620. The van der Waals surface area contributed by atoms with Crippen molar-refractivity contribution < 1.29 is 8.83 Å². The van der Waals surface area contributed by atoms with Crippen molar-refractivity contribution >= 4 is 86.1 Å².